The van der Waals surface area contributed by atoms with Crippen molar-refractivity contribution in [2.75, 3.05) is 26.3 Å². The molecule has 0 aromatic heterocycles. The summed E-state index contributed by atoms with van der Waals surface area (Å²) in [7, 11) is 0. The second-order valence-corrected chi connectivity index (χ2v) is 4.04. The quantitative estimate of drug-likeness (QED) is 0.632. The van der Waals surface area contributed by atoms with Crippen molar-refractivity contribution in [3.8, 4) is 0 Å². The summed E-state index contributed by atoms with van der Waals surface area (Å²) in [6.07, 6.45) is 4.25. The molecule has 0 aromatic rings. The lowest BCUT2D eigenvalue weighted by Crippen LogP contribution is -2.23. The minimum atomic E-state index is 0.825. The molecule has 1 saturated heterocycles. The topological polar surface area (TPSA) is 12.5 Å². The van der Waals surface area contributed by atoms with Gasteiger partial charge in [0, 0.05) is 19.2 Å². The molecular formula is C10H19NO. The predicted molar refractivity (Wildman–Crippen MR) is 49.2 cm³/mol. The normalized spacial score (nSPS) is 31.2. The highest BCUT2D eigenvalue weighted by atomic mass is 16.5. The van der Waals surface area contributed by atoms with E-state index in [1.54, 1.807) is 0 Å². The van der Waals surface area contributed by atoms with Crippen LogP contribution in [0.15, 0.2) is 0 Å². The van der Waals surface area contributed by atoms with Crippen LogP contribution in [0.4, 0.5) is 0 Å². The van der Waals surface area contributed by atoms with Gasteiger partial charge in [0.15, 0.2) is 0 Å². The lowest BCUT2D eigenvalue weighted by atomic mass is 10.1. The summed E-state index contributed by atoms with van der Waals surface area (Å²) in [6.45, 7) is 6.56. The maximum absolute atomic E-state index is 5.44. The summed E-state index contributed by atoms with van der Waals surface area (Å²) < 4.78 is 5.44. The van der Waals surface area contributed by atoms with E-state index in [1.807, 2.05) is 0 Å². The van der Waals surface area contributed by atoms with Gasteiger partial charge in [-0.15, -0.1) is 0 Å². The molecule has 12 heavy (non-hydrogen) atoms. The molecule has 1 saturated carbocycles. The third-order valence-corrected chi connectivity index (χ3v) is 2.94. The highest BCUT2D eigenvalue weighted by molar-refractivity contribution is 4.89. The van der Waals surface area contributed by atoms with Gasteiger partial charge in [-0.2, -0.15) is 0 Å². The van der Waals surface area contributed by atoms with E-state index in [-0.39, 0.29) is 0 Å². The Labute approximate surface area is 74.9 Å². The first-order valence-electron chi connectivity index (χ1n) is 5.22. The summed E-state index contributed by atoms with van der Waals surface area (Å²) >= 11 is 0. The van der Waals surface area contributed by atoms with Crippen molar-refractivity contribution in [1.82, 2.24) is 4.90 Å². The van der Waals surface area contributed by atoms with Crippen LogP contribution >= 0.6 is 0 Å². The van der Waals surface area contributed by atoms with E-state index in [1.165, 1.54) is 32.4 Å². The summed E-state index contributed by atoms with van der Waals surface area (Å²) in [4.78, 5) is 2.64. The van der Waals surface area contributed by atoms with Crippen molar-refractivity contribution < 1.29 is 4.74 Å². The number of hydrogen-bond acceptors (Lipinski definition) is 2. The van der Waals surface area contributed by atoms with E-state index in [4.69, 9.17) is 4.74 Å². The Bertz CT molecular complexity index is 145. The predicted octanol–water partition coefficient (Wildman–Crippen LogP) is 1.51. The fourth-order valence-electron chi connectivity index (χ4n) is 2.05. The molecule has 0 bridgehead atoms. The Kier molecular flexibility index (Phi) is 2.66. The maximum atomic E-state index is 5.44. The molecule has 0 aromatic carbocycles. The van der Waals surface area contributed by atoms with Gasteiger partial charge in [-0.05, 0) is 38.6 Å². The summed E-state index contributed by atoms with van der Waals surface area (Å²) in [5.41, 5.74) is 0. The number of nitrogens with zero attached hydrogens (tertiary/aromatic N) is 1. The highest BCUT2D eigenvalue weighted by Gasteiger charge is 2.34. The summed E-state index contributed by atoms with van der Waals surface area (Å²) in [6, 6.07) is 0.955. The van der Waals surface area contributed by atoms with Crippen LogP contribution in [0.25, 0.3) is 0 Å². The minimum Gasteiger partial charge on any atom is -0.381 e. The van der Waals surface area contributed by atoms with Crippen LogP contribution in [-0.2, 0) is 4.74 Å². The van der Waals surface area contributed by atoms with Crippen LogP contribution in [0.5, 0.6) is 0 Å². The van der Waals surface area contributed by atoms with Gasteiger partial charge in [-0.25, -0.2) is 0 Å². The Morgan fingerprint density at radius 3 is 2.83 bits per heavy atom. The first-order valence-corrected chi connectivity index (χ1v) is 5.22. The van der Waals surface area contributed by atoms with Gasteiger partial charge in [0.1, 0.15) is 0 Å². The minimum absolute atomic E-state index is 0.825. The monoisotopic (exact) mass is 169 g/mol. The van der Waals surface area contributed by atoms with Crippen LogP contribution in [0.2, 0.25) is 0 Å². The lowest BCUT2D eigenvalue weighted by Gasteiger charge is -2.14. The molecule has 0 radical (unpaired) electrons. The molecule has 0 spiro atoms. The number of ether oxygens (including phenoxy) is 1. The van der Waals surface area contributed by atoms with E-state index in [0.29, 0.717) is 0 Å². The fourth-order valence-corrected chi connectivity index (χ4v) is 2.05. The van der Waals surface area contributed by atoms with Crippen molar-refractivity contribution in [2.24, 2.45) is 5.92 Å². The zero-order valence-corrected chi connectivity index (χ0v) is 7.96. The van der Waals surface area contributed by atoms with Gasteiger partial charge < -0.3 is 9.64 Å². The molecule has 0 N–H and O–H groups in total. The number of hydrogen-bond donors (Lipinski definition) is 0. The highest BCUT2D eigenvalue weighted by Crippen LogP contribution is 2.31. The summed E-state index contributed by atoms with van der Waals surface area (Å²) in [5.74, 6) is 0.825. The largest absolute Gasteiger partial charge is 0.381 e. The Hall–Kier alpha value is -0.0800. The number of likely N-dealkylation sites (tertiary alicyclic amines) is 1. The Balaban J connectivity index is 1.67. The maximum Gasteiger partial charge on any atom is 0.0506 e. The molecule has 0 amide bonds. The lowest BCUT2D eigenvalue weighted by molar-refractivity contribution is 0.111. The molecule has 2 fully saturated rings. The smallest absolute Gasteiger partial charge is 0.0506 e. The van der Waals surface area contributed by atoms with Crippen LogP contribution in [-0.4, -0.2) is 37.2 Å². The molecule has 1 aliphatic heterocycles. The molecular weight excluding hydrogens is 150 g/mol. The summed E-state index contributed by atoms with van der Waals surface area (Å²) in [5, 5.41) is 0. The molecule has 1 atom stereocenters. The molecule has 2 heteroatoms. The van der Waals surface area contributed by atoms with E-state index < -0.39 is 0 Å². The van der Waals surface area contributed by atoms with Crippen molar-refractivity contribution in [1.29, 1.82) is 0 Å². The second-order valence-electron chi connectivity index (χ2n) is 4.04. The van der Waals surface area contributed by atoms with Crippen molar-refractivity contribution >= 4 is 0 Å². The van der Waals surface area contributed by atoms with Gasteiger partial charge in [-0.3, -0.25) is 0 Å². The zero-order chi connectivity index (χ0) is 8.39. The molecule has 1 unspecified atom stereocenters. The zero-order valence-electron chi connectivity index (χ0n) is 7.96. The average Bonchev–Trinajstić information content (AvgIpc) is 2.83. The van der Waals surface area contributed by atoms with Crippen LogP contribution in [0, 0.1) is 5.92 Å². The third kappa shape index (κ3) is 1.99. The van der Waals surface area contributed by atoms with E-state index in [9.17, 15) is 0 Å². The van der Waals surface area contributed by atoms with Crippen LogP contribution in [0.3, 0.4) is 0 Å². The molecule has 1 aliphatic carbocycles. The molecule has 2 rings (SSSR count). The van der Waals surface area contributed by atoms with Crippen LogP contribution in [0.1, 0.15) is 26.2 Å². The van der Waals surface area contributed by atoms with Gasteiger partial charge in [0.2, 0.25) is 0 Å². The van der Waals surface area contributed by atoms with Gasteiger partial charge in [0.05, 0.1) is 6.61 Å². The van der Waals surface area contributed by atoms with E-state index in [0.717, 1.165) is 25.2 Å². The standard InChI is InChI=1S/C10H19NO/c1-2-12-8-9-5-6-11(7-9)10-3-4-10/h9-10H,2-8H2,1H3. The Morgan fingerprint density at radius 1 is 1.33 bits per heavy atom. The SMILES string of the molecule is CCOCC1CCN(C2CC2)C1. The molecule has 1 heterocycles. The Morgan fingerprint density at radius 2 is 2.17 bits per heavy atom. The van der Waals surface area contributed by atoms with Gasteiger partial charge in [-0.1, -0.05) is 0 Å². The first kappa shape index (κ1) is 8.52. The first-order chi connectivity index (χ1) is 5.90. The van der Waals surface area contributed by atoms with E-state index in [2.05, 4.69) is 11.8 Å². The van der Waals surface area contributed by atoms with Crippen molar-refractivity contribution in [2.45, 2.75) is 32.2 Å². The molecule has 70 valence electrons. The third-order valence-electron chi connectivity index (χ3n) is 2.94. The number of rotatable bonds is 4. The molecule has 2 aliphatic rings. The second kappa shape index (κ2) is 3.75. The van der Waals surface area contributed by atoms with Gasteiger partial charge in [0.25, 0.3) is 0 Å². The van der Waals surface area contributed by atoms with Crippen LogP contribution < -0.4 is 0 Å². The van der Waals surface area contributed by atoms with Crippen molar-refractivity contribution in [3.63, 3.8) is 0 Å². The van der Waals surface area contributed by atoms with Gasteiger partial charge >= 0.3 is 0 Å². The fraction of sp³-hybridized carbons (Fsp3) is 1.00. The van der Waals surface area contributed by atoms with Crippen molar-refractivity contribution in [3.05, 3.63) is 0 Å². The molecule has 2 nitrogen and oxygen atoms in total. The van der Waals surface area contributed by atoms with E-state index >= 15 is 0 Å². The average molecular weight is 169 g/mol.